The van der Waals surface area contributed by atoms with Gasteiger partial charge in [0.05, 0.1) is 12.3 Å². The maximum atomic E-state index is 13.7. The summed E-state index contributed by atoms with van der Waals surface area (Å²) in [5.41, 5.74) is 2.14. The van der Waals surface area contributed by atoms with E-state index >= 15 is 0 Å². The highest BCUT2D eigenvalue weighted by atomic mass is 19.1. The second-order valence-electron chi connectivity index (χ2n) is 3.80. The molecule has 17 heavy (non-hydrogen) atoms. The van der Waals surface area contributed by atoms with Crippen molar-refractivity contribution in [1.29, 1.82) is 0 Å². The highest BCUT2D eigenvalue weighted by Gasteiger charge is 2.07. The molecule has 0 saturated heterocycles. The van der Waals surface area contributed by atoms with E-state index in [2.05, 4.69) is 4.98 Å². The number of aromatic nitrogens is 1. The molecule has 1 heterocycles. The predicted octanol–water partition coefficient (Wildman–Crippen LogP) is 1.54. The van der Waals surface area contributed by atoms with Gasteiger partial charge in [0.15, 0.2) is 0 Å². The van der Waals surface area contributed by atoms with Crippen molar-refractivity contribution < 1.29 is 9.13 Å². The van der Waals surface area contributed by atoms with Crippen LogP contribution in [0.2, 0.25) is 0 Å². The van der Waals surface area contributed by atoms with E-state index in [1.807, 2.05) is 26.9 Å². The summed E-state index contributed by atoms with van der Waals surface area (Å²) in [5.74, 6) is 0.371. The van der Waals surface area contributed by atoms with Gasteiger partial charge in [-0.25, -0.2) is 4.39 Å². The average Bonchev–Trinajstić information content (AvgIpc) is 2.33. The van der Waals surface area contributed by atoms with Gasteiger partial charge in [-0.15, -0.1) is 0 Å². The van der Waals surface area contributed by atoms with Crippen LogP contribution in [0.25, 0.3) is 11.3 Å². The molecule has 0 aliphatic rings. The quantitative estimate of drug-likeness (QED) is 0.745. The topological polar surface area (TPSA) is 22.1 Å². The van der Waals surface area contributed by atoms with Gasteiger partial charge in [-0.2, -0.15) is 0 Å². The average molecular weight is 229 g/mol. The smallest absolute Gasteiger partial charge is 0.141 e. The number of nitrogens with zero attached hydrogens (tertiary/aromatic N) is 1. The SMILES string of the molecule is Bc1ccc(-c2cc(OCC)ccc2F)nc1. The van der Waals surface area contributed by atoms with Crippen molar-refractivity contribution in [2.45, 2.75) is 6.92 Å². The first kappa shape index (κ1) is 11.6. The lowest BCUT2D eigenvalue weighted by Gasteiger charge is -2.07. The van der Waals surface area contributed by atoms with Crippen LogP contribution in [0.5, 0.6) is 5.75 Å². The Bertz CT molecular complexity index is 513. The number of ether oxygens (including phenoxy) is 1. The monoisotopic (exact) mass is 229 g/mol. The highest BCUT2D eigenvalue weighted by molar-refractivity contribution is 6.32. The largest absolute Gasteiger partial charge is 0.494 e. The van der Waals surface area contributed by atoms with E-state index in [1.54, 1.807) is 18.3 Å². The number of rotatable bonds is 3. The van der Waals surface area contributed by atoms with Gasteiger partial charge in [0.1, 0.15) is 19.4 Å². The van der Waals surface area contributed by atoms with Gasteiger partial charge < -0.3 is 4.74 Å². The van der Waals surface area contributed by atoms with Crippen LogP contribution in [0.4, 0.5) is 4.39 Å². The van der Waals surface area contributed by atoms with Crippen molar-refractivity contribution in [1.82, 2.24) is 4.98 Å². The Labute approximate surface area is 101 Å². The minimum atomic E-state index is -0.287. The minimum Gasteiger partial charge on any atom is -0.494 e. The van der Waals surface area contributed by atoms with Crippen LogP contribution in [0.3, 0.4) is 0 Å². The molecule has 0 radical (unpaired) electrons. The second-order valence-corrected chi connectivity index (χ2v) is 3.80. The number of halogens is 1. The standard InChI is InChI=1S/C13H13BFNO/c1-2-17-10-4-5-12(15)11(7-10)13-6-3-9(14)8-16-13/h3-8H,2,14H2,1H3. The van der Waals surface area contributed by atoms with E-state index in [-0.39, 0.29) is 5.82 Å². The van der Waals surface area contributed by atoms with Crippen molar-refractivity contribution in [3.63, 3.8) is 0 Å². The third kappa shape index (κ3) is 2.64. The zero-order valence-corrected chi connectivity index (χ0v) is 9.90. The van der Waals surface area contributed by atoms with Crippen LogP contribution < -0.4 is 10.2 Å². The van der Waals surface area contributed by atoms with Crippen molar-refractivity contribution in [3.8, 4) is 17.0 Å². The molecule has 0 amide bonds. The first-order chi connectivity index (χ1) is 8.20. The molecule has 0 atom stereocenters. The molecular weight excluding hydrogens is 216 g/mol. The molecule has 0 bridgehead atoms. The summed E-state index contributed by atoms with van der Waals surface area (Å²) in [7, 11) is 1.95. The van der Waals surface area contributed by atoms with Crippen LogP contribution in [0.1, 0.15) is 6.92 Å². The summed E-state index contributed by atoms with van der Waals surface area (Å²) in [6, 6.07) is 8.42. The van der Waals surface area contributed by atoms with Gasteiger partial charge >= 0.3 is 0 Å². The molecule has 1 aromatic carbocycles. The predicted molar refractivity (Wildman–Crippen MR) is 69.0 cm³/mol. The van der Waals surface area contributed by atoms with Crippen molar-refractivity contribution in [2.24, 2.45) is 0 Å². The van der Waals surface area contributed by atoms with Gasteiger partial charge in [0.25, 0.3) is 0 Å². The molecule has 0 unspecified atom stereocenters. The molecule has 0 fully saturated rings. The van der Waals surface area contributed by atoms with Crippen LogP contribution in [0.15, 0.2) is 36.5 Å². The molecule has 0 aliphatic carbocycles. The number of hydrogen-bond donors (Lipinski definition) is 0. The summed E-state index contributed by atoms with van der Waals surface area (Å²) in [5, 5.41) is 0. The molecule has 0 saturated carbocycles. The zero-order chi connectivity index (χ0) is 12.3. The summed E-state index contributed by atoms with van der Waals surface area (Å²) < 4.78 is 19.1. The lowest BCUT2D eigenvalue weighted by atomic mass is 9.98. The Morgan fingerprint density at radius 2 is 2.12 bits per heavy atom. The van der Waals surface area contributed by atoms with Crippen LogP contribution >= 0.6 is 0 Å². The Morgan fingerprint density at radius 1 is 1.29 bits per heavy atom. The van der Waals surface area contributed by atoms with E-state index in [9.17, 15) is 4.39 Å². The highest BCUT2D eigenvalue weighted by Crippen LogP contribution is 2.25. The third-order valence-electron chi connectivity index (χ3n) is 2.44. The molecule has 4 heteroatoms. The Morgan fingerprint density at radius 3 is 2.76 bits per heavy atom. The summed E-state index contributed by atoms with van der Waals surface area (Å²) in [6.07, 6.45) is 1.72. The van der Waals surface area contributed by atoms with E-state index in [0.717, 1.165) is 5.46 Å². The molecule has 0 N–H and O–H groups in total. The fourth-order valence-corrected chi connectivity index (χ4v) is 1.58. The fraction of sp³-hybridized carbons (Fsp3) is 0.154. The molecule has 2 rings (SSSR count). The molecule has 0 aliphatic heterocycles. The number of benzene rings is 1. The van der Waals surface area contributed by atoms with E-state index in [4.69, 9.17) is 4.74 Å². The lowest BCUT2D eigenvalue weighted by molar-refractivity contribution is 0.340. The molecule has 0 spiro atoms. The molecule has 1 aromatic heterocycles. The third-order valence-corrected chi connectivity index (χ3v) is 2.44. The van der Waals surface area contributed by atoms with Gasteiger partial charge in [0.2, 0.25) is 0 Å². The first-order valence-corrected chi connectivity index (χ1v) is 5.56. The summed E-state index contributed by atoms with van der Waals surface area (Å²) in [4.78, 5) is 4.22. The van der Waals surface area contributed by atoms with Crippen LogP contribution in [0, 0.1) is 5.82 Å². The van der Waals surface area contributed by atoms with Gasteiger partial charge in [-0.1, -0.05) is 11.5 Å². The zero-order valence-electron chi connectivity index (χ0n) is 9.90. The maximum Gasteiger partial charge on any atom is 0.141 e. The minimum absolute atomic E-state index is 0.287. The molecule has 86 valence electrons. The normalized spacial score (nSPS) is 10.2. The molecular formula is C13H13BFNO. The van der Waals surface area contributed by atoms with Crippen molar-refractivity contribution >= 4 is 13.3 Å². The van der Waals surface area contributed by atoms with Crippen LogP contribution in [-0.2, 0) is 0 Å². The summed E-state index contributed by atoms with van der Waals surface area (Å²) >= 11 is 0. The van der Waals surface area contributed by atoms with E-state index < -0.39 is 0 Å². The number of hydrogen-bond acceptors (Lipinski definition) is 2. The fourth-order valence-electron chi connectivity index (χ4n) is 1.58. The van der Waals surface area contributed by atoms with Gasteiger partial charge in [0, 0.05) is 11.8 Å². The van der Waals surface area contributed by atoms with E-state index in [0.29, 0.717) is 23.6 Å². The van der Waals surface area contributed by atoms with Gasteiger partial charge in [-0.3, -0.25) is 4.98 Å². The van der Waals surface area contributed by atoms with E-state index in [1.165, 1.54) is 6.07 Å². The first-order valence-electron chi connectivity index (χ1n) is 5.56. The molecule has 2 aromatic rings. The van der Waals surface area contributed by atoms with Crippen LogP contribution in [-0.4, -0.2) is 19.4 Å². The van der Waals surface area contributed by atoms with Crippen molar-refractivity contribution in [2.75, 3.05) is 6.61 Å². The Kier molecular flexibility index (Phi) is 3.42. The Hall–Kier alpha value is -1.84. The maximum absolute atomic E-state index is 13.7. The second kappa shape index (κ2) is 5.00. The lowest BCUT2D eigenvalue weighted by Crippen LogP contribution is -2.02. The van der Waals surface area contributed by atoms with Crippen molar-refractivity contribution in [3.05, 3.63) is 42.3 Å². The Balaban J connectivity index is 2.42. The summed E-state index contributed by atoms with van der Waals surface area (Å²) in [6.45, 7) is 2.46. The number of pyridine rings is 1. The molecule has 2 nitrogen and oxygen atoms in total. The van der Waals surface area contributed by atoms with Gasteiger partial charge in [-0.05, 0) is 31.2 Å².